The topological polar surface area (TPSA) is 26.5 Å². The number of rotatable bonds is 2. The van der Waals surface area contributed by atoms with Gasteiger partial charge in [-0.05, 0) is 13.0 Å². The zero-order chi connectivity index (χ0) is 10.8. The van der Waals surface area contributed by atoms with E-state index in [2.05, 4.69) is 28.1 Å². The summed E-state index contributed by atoms with van der Waals surface area (Å²) in [5, 5.41) is 5.17. The van der Waals surface area contributed by atoms with Gasteiger partial charge in [0.05, 0.1) is 5.71 Å². The Balaban J connectivity index is 2.67. The van der Waals surface area contributed by atoms with Crippen LogP contribution < -0.4 is 0 Å². The first-order chi connectivity index (χ1) is 7.24. The van der Waals surface area contributed by atoms with Gasteiger partial charge in [-0.2, -0.15) is 0 Å². The van der Waals surface area contributed by atoms with E-state index in [1.165, 1.54) is 10.9 Å². The zero-order valence-corrected chi connectivity index (χ0v) is 9.19. The number of hydrogen-bond acceptors (Lipinski definition) is 2. The van der Waals surface area contributed by atoms with Gasteiger partial charge in [-0.15, -0.1) is 0 Å². The van der Waals surface area contributed by atoms with Crippen molar-refractivity contribution < 1.29 is 4.84 Å². The molecule has 15 heavy (non-hydrogen) atoms. The molecule has 0 bridgehead atoms. The van der Waals surface area contributed by atoms with Gasteiger partial charge < -0.3 is 9.40 Å². The fraction of sp³-hybridized carbons (Fsp3) is 0.250. The summed E-state index contributed by atoms with van der Waals surface area (Å²) < 4.78 is 2.10. The summed E-state index contributed by atoms with van der Waals surface area (Å²) in [5.74, 6) is 0. The number of nitrogens with zero attached hydrogens (tertiary/aromatic N) is 2. The van der Waals surface area contributed by atoms with Crippen molar-refractivity contribution in [2.45, 2.75) is 6.92 Å². The molecule has 0 aliphatic carbocycles. The summed E-state index contributed by atoms with van der Waals surface area (Å²) >= 11 is 0. The Morgan fingerprint density at radius 3 is 2.80 bits per heavy atom. The van der Waals surface area contributed by atoms with E-state index in [1.54, 1.807) is 7.11 Å². The van der Waals surface area contributed by atoms with Crippen molar-refractivity contribution in [1.29, 1.82) is 0 Å². The molecule has 3 nitrogen and oxygen atoms in total. The molecule has 0 spiro atoms. The molecule has 0 atom stereocenters. The van der Waals surface area contributed by atoms with E-state index in [1.807, 2.05) is 26.1 Å². The minimum atomic E-state index is 0.898. The summed E-state index contributed by atoms with van der Waals surface area (Å²) in [4.78, 5) is 4.79. The van der Waals surface area contributed by atoms with Crippen LogP contribution in [0.5, 0.6) is 0 Å². The molecule has 0 radical (unpaired) electrons. The van der Waals surface area contributed by atoms with Crippen LogP contribution in [0.25, 0.3) is 10.9 Å². The van der Waals surface area contributed by atoms with Crippen LogP contribution in [0.2, 0.25) is 0 Å². The fourth-order valence-electron chi connectivity index (χ4n) is 1.82. The smallest absolute Gasteiger partial charge is 0.106 e. The minimum Gasteiger partial charge on any atom is -0.399 e. The van der Waals surface area contributed by atoms with Gasteiger partial charge in [-0.25, -0.2) is 0 Å². The van der Waals surface area contributed by atoms with Gasteiger partial charge in [-0.3, -0.25) is 0 Å². The SMILES string of the molecule is CON=C(C)c1cn(C)c2ccccc12. The van der Waals surface area contributed by atoms with Crippen molar-refractivity contribution in [3.63, 3.8) is 0 Å². The van der Waals surface area contributed by atoms with Gasteiger partial charge in [0, 0.05) is 29.7 Å². The summed E-state index contributed by atoms with van der Waals surface area (Å²) in [6, 6.07) is 8.26. The molecule has 1 heterocycles. The molecule has 0 saturated carbocycles. The fourth-order valence-corrected chi connectivity index (χ4v) is 1.82. The number of aromatic nitrogens is 1. The second-order valence-corrected chi connectivity index (χ2v) is 3.53. The van der Waals surface area contributed by atoms with Crippen molar-refractivity contribution >= 4 is 16.6 Å². The van der Waals surface area contributed by atoms with E-state index >= 15 is 0 Å². The number of aryl methyl sites for hydroxylation is 1. The largest absolute Gasteiger partial charge is 0.399 e. The van der Waals surface area contributed by atoms with Crippen molar-refractivity contribution in [1.82, 2.24) is 4.57 Å². The summed E-state index contributed by atoms with van der Waals surface area (Å²) in [5.41, 5.74) is 3.22. The molecule has 3 heteroatoms. The molecule has 2 rings (SSSR count). The van der Waals surface area contributed by atoms with E-state index < -0.39 is 0 Å². The summed E-state index contributed by atoms with van der Waals surface area (Å²) in [7, 11) is 3.60. The Morgan fingerprint density at radius 2 is 2.07 bits per heavy atom. The van der Waals surface area contributed by atoms with E-state index in [4.69, 9.17) is 4.84 Å². The molecule has 0 unspecified atom stereocenters. The van der Waals surface area contributed by atoms with E-state index in [9.17, 15) is 0 Å². The Labute approximate surface area is 89.0 Å². The average Bonchev–Trinajstić information content (AvgIpc) is 2.58. The molecular weight excluding hydrogens is 188 g/mol. The van der Waals surface area contributed by atoms with Crippen LogP contribution in [-0.4, -0.2) is 17.4 Å². The highest BCUT2D eigenvalue weighted by Gasteiger charge is 2.08. The molecule has 0 aliphatic rings. The predicted molar refractivity (Wildman–Crippen MR) is 62.1 cm³/mol. The van der Waals surface area contributed by atoms with Crippen molar-refractivity contribution in [3.05, 3.63) is 36.0 Å². The Kier molecular flexibility index (Phi) is 2.46. The number of benzene rings is 1. The van der Waals surface area contributed by atoms with Crippen molar-refractivity contribution in [2.75, 3.05) is 7.11 Å². The highest BCUT2D eigenvalue weighted by Crippen LogP contribution is 2.20. The number of hydrogen-bond donors (Lipinski definition) is 0. The first-order valence-electron chi connectivity index (χ1n) is 4.86. The highest BCUT2D eigenvalue weighted by atomic mass is 16.6. The van der Waals surface area contributed by atoms with Crippen molar-refractivity contribution in [3.8, 4) is 0 Å². The Morgan fingerprint density at radius 1 is 1.33 bits per heavy atom. The molecule has 1 aromatic carbocycles. The maximum atomic E-state index is 4.79. The summed E-state index contributed by atoms with van der Waals surface area (Å²) in [6.07, 6.45) is 2.07. The van der Waals surface area contributed by atoms with Gasteiger partial charge in [0.25, 0.3) is 0 Å². The second kappa shape index (κ2) is 3.77. The maximum absolute atomic E-state index is 4.79. The lowest BCUT2D eigenvalue weighted by Crippen LogP contribution is -1.93. The molecule has 0 amide bonds. The number of para-hydroxylation sites is 1. The standard InChI is InChI=1S/C12H14N2O/c1-9(13-15-3)11-8-14(2)12-7-5-4-6-10(11)12/h4-8H,1-3H3. The first kappa shape index (κ1) is 9.77. The third-order valence-electron chi connectivity index (χ3n) is 2.51. The third-order valence-corrected chi connectivity index (χ3v) is 2.51. The van der Waals surface area contributed by atoms with Gasteiger partial charge >= 0.3 is 0 Å². The van der Waals surface area contributed by atoms with Crippen LogP contribution in [-0.2, 0) is 11.9 Å². The van der Waals surface area contributed by atoms with Gasteiger partial charge in [0.2, 0.25) is 0 Å². The highest BCUT2D eigenvalue weighted by molar-refractivity contribution is 6.09. The van der Waals surface area contributed by atoms with E-state index in [0.717, 1.165) is 11.3 Å². The van der Waals surface area contributed by atoms with Gasteiger partial charge in [0.15, 0.2) is 0 Å². The van der Waals surface area contributed by atoms with Gasteiger partial charge in [0.1, 0.15) is 7.11 Å². The Hall–Kier alpha value is -1.77. The normalized spacial score (nSPS) is 12.1. The molecule has 1 aromatic heterocycles. The maximum Gasteiger partial charge on any atom is 0.106 e. The molecule has 0 aliphatic heterocycles. The van der Waals surface area contributed by atoms with Crippen LogP contribution >= 0.6 is 0 Å². The van der Waals surface area contributed by atoms with Crippen molar-refractivity contribution in [2.24, 2.45) is 12.2 Å². The number of fused-ring (bicyclic) bond motifs is 1. The van der Waals surface area contributed by atoms with Crippen LogP contribution in [0.1, 0.15) is 12.5 Å². The number of oxime groups is 1. The average molecular weight is 202 g/mol. The van der Waals surface area contributed by atoms with Crippen LogP contribution in [0.15, 0.2) is 35.6 Å². The molecular formula is C12H14N2O. The third kappa shape index (κ3) is 1.61. The lowest BCUT2D eigenvalue weighted by molar-refractivity contribution is 0.213. The quantitative estimate of drug-likeness (QED) is 0.543. The molecule has 0 saturated heterocycles. The first-order valence-corrected chi connectivity index (χ1v) is 4.86. The lowest BCUT2D eigenvalue weighted by atomic mass is 10.1. The van der Waals surface area contributed by atoms with E-state index in [-0.39, 0.29) is 0 Å². The van der Waals surface area contributed by atoms with E-state index in [0.29, 0.717) is 0 Å². The monoisotopic (exact) mass is 202 g/mol. The van der Waals surface area contributed by atoms with Crippen LogP contribution in [0, 0.1) is 0 Å². The molecule has 0 fully saturated rings. The molecule has 78 valence electrons. The van der Waals surface area contributed by atoms with Crippen LogP contribution in [0.4, 0.5) is 0 Å². The predicted octanol–water partition coefficient (Wildman–Crippen LogP) is 2.55. The minimum absolute atomic E-state index is 0.898. The second-order valence-electron chi connectivity index (χ2n) is 3.53. The molecule has 0 N–H and O–H groups in total. The Bertz CT molecular complexity index is 511. The zero-order valence-electron chi connectivity index (χ0n) is 9.19. The lowest BCUT2D eigenvalue weighted by Gasteiger charge is -1.96. The van der Waals surface area contributed by atoms with Gasteiger partial charge in [-0.1, -0.05) is 23.4 Å². The molecule has 2 aromatic rings. The van der Waals surface area contributed by atoms with Crippen LogP contribution in [0.3, 0.4) is 0 Å². The summed E-state index contributed by atoms with van der Waals surface area (Å²) in [6.45, 7) is 1.95.